The summed E-state index contributed by atoms with van der Waals surface area (Å²) in [5, 5.41) is 6.27. The Hall–Kier alpha value is -2.01. The second-order valence-corrected chi connectivity index (χ2v) is 6.52. The van der Waals surface area contributed by atoms with Crippen LogP contribution in [0.4, 0.5) is 10.1 Å². The van der Waals surface area contributed by atoms with Crippen LogP contribution in [0.2, 0.25) is 0 Å². The molecule has 23 heavy (non-hydrogen) atoms. The molecule has 2 aromatic carbocycles. The number of hydrogen-bond donors (Lipinski definition) is 2. The van der Waals surface area contributed by atoms with Crippen LogP contribution in [0.5, 0.6) is 0 Å². The summed E-state index contributed by atoms with van der Waals surface area (Å²) < 4.78 is 13.2. The minimum Gasteiger partial charge on any atom is -0.370 e. The molecule has 0 aromatic heterocycles. The number of carbonyl (C=O) groups is 1. The van der Waals surface area contributed by atoms with Crippen LogP contribution < -0.4 is 10.6 Å². The smallest absolute Gasteiger partial charge is 0.247 e. The molecule has 3 nitrogen and oxygen atoms in total. The Kier molecular flexibility index (Phi) is 4.86. The zero-order chi connectivity index (χ0) is 16.2. The molecule has 0 bridgehead atoms. The highest BCUT2D eigenvalue weighted by atomic mass is 32.2. The lowest BCUT2D eigenvalue weighted by molar-refractivity contribution is -0.122. The van der Waals surface area contributed by atoms with E-state index in [1.54, 1.807) is 23.9 Å². The van der Waals surface area contributed by atoms with Crippen molar-refractivity contribution in [1.29, 1.82) is 0 Å². The largest absolute Gasteiger partial charge is 0.370 e. The molecule has 120 valence electrons. The molecule has 3 rings (SSSR count). The van der Waals surface area contributed by atoms with Crippen molar-refractivity contribution in [2.75, 3.05) is 11.6 Å². The van der Waals surface area contributed by atoms with E-state index in [0.29, 0.717) is 0 Å². The Labute approximate surface area is 139 Å². The molecule has 5 heteroatoms. The number of nitrogens with one attached hydrogen (secondary N) is 2. The third-order valence-corrected chi connectivity index (χ3v) is 4.53. The molecule has 1 atom stereocenters. The lowest BCUT2D eigenvalue weighted by Crippen LogP contribution is -2.34. The van der Waals surface area contributed by atoms with Crippen molar-refractivity contribution in [1.82, 2.24) is 5.32 Å². The Morgan fingerprint density at radius 3 is 2.35 bits per heavy atom. The monoisotopic (exact) mass is 330 g/mol. The highest BCUT2D eigenvalue weighted by Crippen LogP contribution is 2.25. The van der Waals surface area contributed by atoms with Gasteiger partial charge in [0.25, 0.3) is 0 Å². The standard InChI is InChI=1S/C18H19FN2OS/c1-23-16-10-8-14(9-11-16)20-17(18(22)21-15-6-7-15)12-2-4-13(19)5-3-12/h2-5,8-11,15,17,20H,6-7H2,1H3,(H,21,22)/t17-/m0/s1. The summed E-state index contributed by atoms with van der Waals surface area (Å²) in [6, 6.07) is 13.7. The first-order valence-electron chi connectivity index (χ1n) is 7.62. The Balaban J connectivity index is 1.80. The van der Waals surface area contributed by atoms with Crippen molar-refractivity contribution in [3.05, 3.63) is 59.9 Å². The van der Waals surface area contributed by atoms with Gasteiger partial charge in [0.05, 0.1) is 0 Å². The number of carbonyl (C=O) groups excluding carboxylic acids is 1. The van der Waals surface area contributed by atoms with Crippen molar-refractivity contribution in [3.63, 3.8) is 0 Å². The summed E-state index contributed by atoms with van der Waals surface area (Å²) in [6.07, 6.45) is 4.08. The number of amides is 1. The van der Waals surface area contributed by atoms with E-state index in [0.717, 1.165) is 29.0 Å². The molecular formula is C18H19FN2OS. The third-order valence-electron chi connectivity index (χ3n) is 3.79. The first-order valence-corrected chi connectivity index (χ1v) is 8.84. The maximum Gasteiger partial charge on any atom is 0.247 e. The van der Waals surface area contributed by atoms with Gasteiger partial charge >= 0.3 is 0 Å². The molecule has 0 saturated heterocycles. The van der Waals surface area contributed by atoms with Gasteiger partial charge < -0.3 is 10.6 Å². The summed E-state index contributed by atoms with van der Waals surface area (Å²) in [6.45, 7) is 0. The van der Waals surface area contributed by atoms with Gasteiger partial charge in [-0.2, -0.15) is 0 Å². The van der Waals surface area contributed by atoms with Crippen LogP contribution in [-0.2, 0) is 4.79 Å². The van der Waals surface area contributed by atoms with Crippen molar-refractivity contribution in [2.24, 2.45) is 0 Å². The molecule has 1 fully saturated rings. The van der Waals surface area contributed by atoms with Crippen molar-refractivity contribution in [3.8, 4) is 0 Å². The van der Waals surface area contributed by atoms with E-state index in [1.165, 1.54) is 12.1 Å². The molecule has 1 aliphatic carbocycles. The maximum absolute atomic E-state index is 13.2. The van der Waals surface area contributed by atoms with Gasteiger partial charge in [0.1, 0.15) is 11.9 Å². The van der Waals surface area contributed by atoms with Gasteiger partial charge in [0.15, 0.2) is 0 Å². The minimum atomic E-state index is -0.531. The predicted molar refractivity (Wildman–Crippen MR) is 92.2 cm³/mol. The summed E-state index contributed by atoms with van der Waals surface area (Å²) in [5.41, 5.74) is 1.61. The van der Waals surface area contributed by atoms with Gasteiger partial charge in [-0.15, -0.1) is 11.8 Å². The molecular weight excluding hydrogens is 311 g/mol. The number of benzene rings is 2. The summed E-state index contributed by atoms with van der Waals surface area (Å²) >= 11 is 1.67. The number of halogens is 1. The molecule has 0 aliphatic heterocycles. The molecule has 0 unspecified atom stereocenters. The van der Waals surface area contributed by atoms with E-state index in [4.69, 9.17) is 0 Å². The fourth-order valence-electron chi connectivity index (χ4n) is 2.32. The lowest BCUT2D eigenvalue weighted by Gasteiger charge is -2.20. The van der Waals surface area contributed by atoms with Crippen molar-refractivity contribution in [2.45, 2.75) is 29.8 Å². The molecule has 1 amide bonds. The number of rotatable bonds is 6. The fourth-order valence-corrected chi connectivity index (χ4v) is 2.73. The normalized spacial score (nSPS) is 15.0. The quantitative estimate of drug-likeness (QED) is 0.787. The molecule has 0 heterocycles. The van der Waals surface area contributed by atoms with E-state index < -0.39 is 6.04 Å². The average Bonchev–Trinajstić information content (AvgIpc) is 3.38. The van der Waals surface area contributed by atoms with Crippen LogP contribution in [0.1, 0.15) is 24.4 Å². The summed E-state index contributed by atoms with van der Waals surface area (Å²) in [7, 11) is 0. The molecule has 2 aromatic rings. The van der Waals surface area contributed by atoms with Crippen molar-refractivity contribution >= 4 is 23.4 Å². The van der Waals surface area contributed by atoms with Crippen molar-refractivity contribution < 1.29 is 9.18 Å². The molecule has 1 aliphatic rings. The molecule has 0 spiro atoms. The lowest BCUT2D eigenvalue weighted by atomic mass is 10.1. The highest BCUT2D eigenvalue weighted by Gasteiger charge is 2.28. The van der Waals surface area contributed by atoms with Gasteiger partial charge in [0, 0.05) is 16.6 Å². The highest BCUT2D eigenvalue weighted by molar-refractivity contribution is 7.98. The SMILES string of the molecule is CSc1ccc(N[C@H](C(=O)NC2CC2)c2ccc(F)cc2)cc1. The maximum atomic E-state index is 13.2. The van der Waals surface area contributed by atoms with E-state index >= 15 is 0 Å². The molecule has 0 radical (unpaired) electrons. The zero-order valence-electron chi connectivity index (χ0n) is 12.9. The topological polar surface area (TPSA) is 41.1 Å². The van der Waals surface area contributed by atoms with E-state index in [2.05, 4.69) is 10.6 Å². The summed E-state index contributed by atoms with van der Waals surface area (Å²) in [5.74, 6) is -0.382. The van der Waals surface area contributed by atoms with Crippen LogP contribution in [0.25, 0.3) is 0 Å². The fraction of sp³-hybridized carbons (Fsp3) is 0.278. The molecule has 1 saturated carbocycles. The van der Waals surface area contributed by atoms with E-state index in [9.17, 15) is 9.18 Å². The number of thioether (sulfide) groups is 1. The van der Waals surface area contributed by atoms with Gasteiger partial charge in [0.2, 0.25) is 5.91 Å². The number of hydrogen-bond acceptors (Lipinski definition) is 3. The zero-order valence-corrected chi connectivity index (χ0v) is 13.7. The first kappa shape index (κ1) is 15.9. The second kappa shape index (κ2) is 7.04. The van der Waals surface area contributed by atoms with Gasteiger partial charge in [-0.25, -0.2) is 4.39 Å². The van der Waals surface area contributed by atoms with Crippen LogP contribution in [-0.4, -0.2) is 18.2 Å². The van der Waals surface area contributed by atoms with Crippen LogP contribution in [0.15, 0.2) is 53.4 Å². The Morgan fingerprint density at radius 2 is 1.78 bits per heavy atom. The molecule has 2 N–H and O–H groups in total. The Morgan fingerprint density at radius 1 is 1.13 bits per heavy atom. The van der Waals surface area contributed by atoms with Gasteiger partial charge in [-0.1, -0.05) is 12.1 Å². The summed E-state index contributed by atoms with van der Waals surface area (Å²) in [4.78, 5) is 13.7. The second-order valence-electron chi connectivity index (χ2n) is 5.64. The first-order chi connectivity index (χ1) is 11.2. The third kappa shape index (κ3) is 4.26. The van der Waals surface area contributed by atoms with Gasteiger partial charge in [-0.05, 0) is 61.1 Å². The van der Waals surface area contributed by atoms with Crippen LogP contribution >= 0.6 is 11.8 Å². The van der Waals surface area contributed by atoms with E-state index in [-0.39, 0.29) is 17.8 Å². The average molecular weight is 330 g/mol. The van der Waals surface area contributed by atoms with Gasteiger partial charge in [-0.3, -0.25) is 4.79 Å². The predicted octanol–water partition coefficient (Wildman–Crippen LogP) is 3.98. The van der Waals surface area contributed by atoms with E-state index in [1.807, 2.05) is 30.5 Å². The van der Waals surface area contributed by atoms with Crippen LogP contribution in [0.3, 0.4) is 0 Å². The number of anilines is 1. The van der Waals surface area contributed by atoms with Crippen LogP contribution in [0, 0.1) is 5.82 Å². The Bertz CT molecular complexity index is 668. The minimum absolute atomic E-state index is 0.0759.